The maximum atomic E-state index is 4.74. The van der Waals surface area contributed by atoms with E-state index in [0.717, 1.165) is 31.1 Å². The Balaban J connectivity index is 1.51. The van der Waals surface area contributed by atoms with Crippen molar-refractivity contribution in [1.82, 2.24) is 19.5 Å². The zero-order valence-corrected chi connectivity index (χ0v) is 11.9. The Morgan fingerprint density at radius 1 is 1.29 bits per heavy atom. The molecule has 1 atom stereocenters. The van der Waals surface area contributed by atoms with Crippen molar-refractivity contribution in [3.8, 4) is 0 Å². The maximum absolute atomic E-state index is 4.74. The van der Waals surface area contributed by atoms with Gasteiger partial charge >= 0.3 is 0 Å². The third kappa shape index (κ3) is 2.51. The van der Waals surface area contributed by atoms with Crippen molar-refractivity contribution in [2.45, 2.75) is 19.4 Å². The molecule has 4 heterocycles. The molecule has 1 aliphatic heterocycles. The molecule has 0 spiro atoms. The average molecular weight is 281 g/mol. The summed E-state index contributed by atoms with van der Waals surface area (Å²) >= 11 is 0. The van der Waals surface area contributed by atoms with Crippen molar-refractivity contribution in [3.05, 3.63) is 43.1 Å². The van der Waals surface area contributed by atoms with E-state index in [9.17, 15) is 0 Å². The largest absolute Gasteiger partial charge is 0.356 e. The van der Waals surface area contributed by atoms with Gasteiger partial charge in [-0.3, -0.25) is 0 Å². The smallest absolute Gasteiger partial charge is 0.139 e. The highest BCUT2D eigenvalue weighted by Crippen LogP contribution is 2.24. The van der Waals surface area contributed by atoms with E-state index in [1.54, 1.807) is 0 Å². The molecule has 0 aliphatic carbocycles. The molecule has 0 aromatic carbocycles. The normalized spacial score (nSPS) is 19.2. The van der Waals surface area contributed by atoms with E-state index in [-0.39, 0.29) is 0 Å². The van der Waals surface area contributed by atoms with Crippen molar-refractivity contribution in [1.29, 1.82) is 0 Å². The van der Waals surface area contributed by atoms with Gasteiger partial charge in [-0.25, -0.2) is 9.97 Å². The molecule has 3 aromatic heterocycles. The van der Waals surface area contributed by atoms with Crippen LogP contribution in [0.15, 0.2) is 43.1 Å². The van der Waals surface area contributed by atoms with Crippen molar-refractivity contribution < 1.29 is 0 Å². The second kappa shape index (κ2) is 5.24. The highest BCUT2D eigenvalue weighted by atomic mass is 15.2. The summed E-state index contributed by atoms with van der Waals surface area (Å²) in [5.41, 5.74) is 0.976. The fraction of sp³-hybridized carbons (Fsp3) is 0.375. The summed E-state index contributed by atoms with van der Waals surface area (Å²) in [6, 6.07) is 6.34. The third-order valence-electron chi connectivity index (χ3n) is 4.27. The van der Waals surface area contributed by atoms with Gasteiger partial charge in [0.1, 0.15) is 11.5 Å². The summed E-state index contributed by atoms with van der Waals surface area (Å²) in [5.74, 6) is 1.74. The second-order valence-corrected chi connectivity index (χ2v) is 5.80. The quantitative estimate of drug-likeness (QED) is 0.803. The van der Waals surface area contributed by atoms with Gasteiger partial charge in [-0.2, -0.15) is 0 Å². The number of nitrogens with one attached hydrogen (secondary N) is 1. The Bertz CT molecular complexity index is 715. The molecule has 1 aliphatic rings. The van der Waals surface area contributed by atoms with Gasteiger partial charge in [-0.05, 0) is 37.0 Å². The molecule has 0 unspecified atom stereocenters. The van der Waals surface area contributed by atoms with Gasteiger partial charge in [0.15, 0.2) is 0 Å². The highest BCUT2D eigenvalue weighted by molar-refractivity contribution is 5.77. The van der Waals surface area contributed by atoms with Gasteiger partial charge in [0, 0.05) is 43.6 Å². The van der Waals surface area contributed by atoms with E-state index in [0.29, 0.717) is 5.92 Å². The predicted molar refractivity (Wildman–Crippen MR) is 83.3 cm³/mol. The van der Waals surface area contributed by atoms with Crippen LogP contribution in [0.25, 0.3) is 11.0 Å². The number of hydrogen-bond acceptors (Lipinski definition) is 3. The molecule has 0 saturated carbocycles. The molecule has 21 heavy (non-hydrogen) atoms. The minimum atomic E-state index is 0.661. The standard InChI is InChI=1S/C16H19N5/c1-2-13(10-20-9-7-17-12-20)11-21(8-1)15-4-3-14-5-6-18-16(14)19-15/h3-7,9,12-13H,1-2,8,10-11H2,(H,18,19)/t13-/m0/s1. The molecule has 0 amide bonds. The number of piperidine rings is 1. The number of imidazole rings is 1. The monoisotopic (exact) mass is 281 g/mol. The number of aromatic nitrogens is 4. The second-order valence-electron chi connectivity index (χ2n) is 5.80. The molecule has 4 rings (SSSR count). The molecular weight excluding hydrogens is 262 g/mol. The number of rotatable bonds is 3. The van der Waals surface area contributed by atoms with Crippen LogP contribution in [0.2, 0.25) is 0 Å². The molecule has 0 bridgehead atoms. The van der Waals surface area contributed by atoms with Gasteiger partial charge in [0.2, 0.25) is 0 Å². The molecule has 1 fully saturated rings. The van der Waals surface area contributed by atoms with Crippen molar-refractivity contribution in [3.63, 3.8) is 0 Å². The number of anilines is 1. The van der Waals surface area contributed by atoms with E-state index in [4.69, 9.17) is 4.98 Å². The Hall–Kier alpha value is -2.30. The van der Waals surface area contributed by atoms with E-state index in [1.807, 2.05) is 24.9 Å². The lowest BCUT2D eigenvalue weighted by atomic mass is 9.98. The molecule has 3 aromatic rings. The first-order valence-electron chi connectivity index (χ1n) is 7.53. The van der Waals surface area contributed by atoms with Crippen LogP contribution in [-0.2, 0) is 6.54 Å². The topological polar surface area (TPSA) is 49.7 Å². The van der Waals surface area contributed by atoms with Crippen LogP contribution in [0.1, 0.15) is 12.8 Å². The number of nitrogens with zero attached hydrogens (tertiary/aromatic N) is 4. The third-order valence-corrected chi connectivity index (χ3v) is 4.27. The average Bonchev–Trinajstić information content (AvgIpc) is 3.17. The maximum Gasteiger partial charge on any atom is 0.139 e. The minimum absolute atomic E-state index is 0.661. The lowest BCUT2D eigenvalue weighted by Gasteiger charge is -2.33. The number of H-pyrrole nitrogens is 1. The van der Waals surface area contributed by atoms with Gasteiger partial charge in [-0.1, -0.05) is 0 Å². The summed E-state index contributed by atoms with van der Waals surface area (Å²) < 4.78 is 2.18. The van der Waals surface area contributed by atoms with Gasteiger partial charge < -0.3 is 14.5 Å². The molecular formula is C16H19N5. The summed E-state index contributed by atoms with van der Waals surface area (Å²) in [6.07, 6.45) is 10.2. The Morgan fingerprint density at radius 2 is 2.29 bits per heavy atom. The Labute approximate surface area is 123 Å². The fourth-order valence-electron chi connectivity index (χ4n) is 3.21. The minimum Gasteiger partial charge on any atom is -0.356 e. The number of fused-ring (bicyclic) bond motifs is 1. The van der Waals surface area contributed by atoms with Gasteiger partial charge in [0.25, 0.3) is 0 Å². The highest BCUT2D eigenvalue weighted by Gasteiger charge is 2.21. The van der Waals surface area contributed by atoms with Gasteiger partial charge in [0.05, 0.1) is 6.33 Å². The molecule has 5 nitrogen and oxygen atoms in total. The molecule has 0 radical (unpaired) electrons. The van der Waals surface area contributed by atoms with E-state index < -0.39 is 0 Å². The summed E-state index contributed by atoms with van der Waals surface area (Å²) in [7, 11) is 0. The van der Waals surface area contributed by atoms with Crippen molar-refractivity contribution in [2.24, 2.45) is 5.92 Å². The van der Waals surface area contributed by atoms with Crippen LogP contribution in [0.4, 0.5) is 5.82 Å². The molecule has 108 valence electrons. The van der Waals surface area contributed by atoms with Crippen LogP contribution in [0.3, 0.4) is 0 Å². The molecule has 1 N–H and O–H groups in total. The number of hydrogen-bond donors (Lipinski definition) is 1. The zero-order valence-electron chi connectivity index (χ0n) is 11.9. The SMILES string of the molecule is c1cn(C[C@@H]2CCCN(c3ccc4cc[nH]c4n3)C2)cn1. The van der Waals surface area contributed by atoms with Gasteiger partial charge in [-0.15, -0.1) is 0 Å². The first-order valence-corrected chi connectivity index (χ1v) is 7.53. The zero-order chi connectivity index (χ0) is 14.1. The summed E-state index contributed by atoms with van der Waals surface area (Å²) in [4.78, 5) is 14.5. The van der Waals surface area contributed by atoms with Crippen molar-refractivity contribution in [2.75, 3.05) is 18.0 Å². The Morgan fingerprint density at radius 3 is 3.19 bits per heavy atom. The van der Waals surface area contributed by atoms with Crippen LogP contribution < -0.4 is 4.90 Å². The molecule has 1 saturated heterocycles. The van der Waals surface area contributed by atoms with Crippen LogP contribution >= 0.6 is 0 Å². The lowest BCUT2D eigenvalue weighted by Crippen LogP contribution is -2.37. The predicted octanol–water partition coefficient (Wildman–Crippen LogP) is 2.68. The number of pyridine rings is 1. The molecule has 5 heteroatoms. The first kappa shape index (κ1) is 12.4. The van der Waals surface area contributed by atoms with Crippen molar-refractivity contribution >= 4 is 16.9 Å². The van der Waals surface area contributed by atoms with E-state index >= 15 is 0 Å². The lowest BCUT2D eigenvalue weighted by molar-refractivity contribution is 0.365. The summed E-state index contributed by atoms with van der Waals surface area (Å²) in [5, 5.41) is 1.17. The van der Waals surface area contributed by atoms with Crippen LogP contribution in [-0.4, -0.2) is 32.6 Å². The van der Waals surface area contributed by atoms with Crippen LogP contribution in [0, 0.1) is 5.92 Å². The van der Waals surface area contributed by atoms with E-state index in [2.05, 4.69) is 37.6 Å². The van der Waals surface area contributed by atoms with Crippen LogP contribution in [0.5, 0.6) is 0 Å². The fourth-order valence-corrected chi connectivity index (χ4v) is 3.21. The Kier molecular flexibility index (Phi) is 3.10. The first-order chi connectivity index (χ1) is 10.4. The number of aromatic amines is 1. The van der Waals surface area contributed by atoms with E-state index in [1.165, 1.54) is 18.2 Å². The summed E-state index contributed by atoms with van der Waals surface area (Å²) in [6.45, 7) is 3.21.